The summed E-state index contributed by atoms with van der Waals surface area (Å²) in [5.41, 5.74) is 32.4. The minimum atomic E-state index is -1.86. The first-order valence-electron chi connectivity index (χ1n) is 18.8. The van der Waals surface area contributed by atoms with E-state index in [0.717, 1.165) is 11.8 Å². The van der Waals surface area contributed by atoms with Crippen LogP contribution >= 0.6 is 0 Å². The molecule has 1 saturated heterocycles. The highest BCUT2D eigenvalue weighted by atomic mass is 16.4. The second kappa shape index (κ2) is 25.9. The highest BCUT2D eigenvalue weighted by molar-refractivity contribution is 5.98. The molecule has 0 bridgehead atoms. The molecule has 1 heterocycles. The van der Waals surface area contributed by atoms with Crippen LogP contribution in [-0.2, 0) is 43.2 Å². The Hall–Kier alpha value is -6.35. The monoisotopic (exact) mass is 858 g/mol. The van der Waals surface area contributed by atoms with Crippen molar-refractivity contribution in [2.45, 2.75) is 113 Å². The summed E-state index contributed by atoms with van der Waals surface area (Å²) in [5, 5.41) is 50.0. The number of primary amides is 1. The Morgan fingerprint density at radius 1 is 0.717 bits per heavy atom. The predicted molar refractivity (Wildman–Crippen MR) is 209 cm³/mol. The molecule has 1 aliphatic rings. The average molecular weight is 859 g/mol. The Bertz CT molecular complexity index is 1600. The van der Waals surface area contributed by atoms with Gasteiger partial charge in [-0.25, -0.2) is 4.79 Å². The van der Waals surface area contributed by atoms with Gasteiger partial charge >= 0.3 is 11.9 Å². The molecule has 60 heavy (non-hydrogen) atoms. The molecule has 1 fully saturated rings. The minimum Gasteiger partial charge on any atom is -0.481 e. The van der Waals surface area contributed by atoms with Crippen LogP contribution in [0.25, 0.3) is 0 Å². The Morgan fingerprint density at radius 3 is 1.75 bits per heavy atom. The fraction of sp³-hybridized carbons (Fsp3) is 0.667. The Balaban J connectivity index is 3.42. The number of guanidine groups is 2. The van der Waals surface area contributed by atoms with Gasteiger partial charge in [-0.15, -0.1) is 0 Å². The molecule has 1 aliphatic heterocycles. The molecule has 338 valence electrons. The van der Waals surface area contributed by atoms with Crippen LogP contribution in [-0.4, -0.2) is 165 Å². The molecular formula is C33H58N14O13. The van der Waals surface area contributed by atoms with Gasteiger partial charge in [-0.05, 0) is 51.9 Å². The van der Waals surface area contributed by atoms with Gasteiger partial charge in [0.1, 0.15) is 36.3 Å². The van der Waals surface area contributed by atoms with Crippen LogP contribution in [0, 0.1) is 0 Å². The third-order valence-corrected chi connectivity index (χ3v) is 8.89. The van der Waals surface area contributed by atoms with Crippen LogP contribution in [0.2, 0.25) is 0 Å². The summed E-state index contributed by atoms with van der Waals surface area (Å²) in [4.78, 5) is 123. The standard InChI is InChI=1S/C33H58N14O13/c1-15(49)24(46-27(55)19(13-23(51)52)44-25(53)16(34)8-9-22(35)50)29(57)42-17(5-2-10-40-32(36)37)26(54)43-18(6-3-11-41-33(38)39)30(58)47-12-4-7-21(47)28(56)45-20(14-48)31(59)60/h15-21,24,48-49H,2-14,34H2,1H3,(H2,35,50)(H,42,57)(H,43,54)(H,44,53)(H,45,56)(H,46,55)(H,51,52)(H,59,60)(H4,36,37,40)(H4,38,39,41)/t15-,16+,17+,18+,19+,20+,21+,24+/m1/s1. The zero-order valence-electron chi connectivity index (χ0n) is 33.1. The summed E-state index contributed by atoms with van der Waals surface area (Å²) in [7, 11) is 0. The number of amides is 7. The van der Waals surface area contributed by atoms with E-state index < -0.39 is 115 Å². The largest absolute Gasteiger partial charge is 0.481 e. The molecular weight excluding hydrogens is 800 g/mol. The van der Waals surface area contributed by atoms with E-state index in [1.54, 1.807) is 0 Å². The lowest BCUT2D eigenvalue weighted by molar-refractivity contribution is -0.145. The smallest absolute Gasteiger partial charge is 0.328 e. The lowest BCUT2D eigenvalue weighted by Gasteiger charge is -2.31. The number of aliphatic hydroxyl groups excluding tert-OH is 2. The Morgan fingerprint density at radius 2 is 1.25 bits per heavy atom. The zero-order chi connectivity index (χ0) is 45.7. The summed E-state index contributed by atoms with van der Waals surface area (Å²) >= 11 is 0. The fourth-order valence-corrected chi connectivity index (χ4v) is 5.77. The predicted octanol–water partition coefficient (Wildman–Crippen LogP) is -7.97. The molecule has 1 rings (SSSR count). The first-order chi connectivity index (χ1) is 28.1. The molecule has 0 aromatic heterocycles. The molecule has 8 atom stereocenters. The molecule has 0 aromatic rings. The average Bonchev–Trinajstić information content (AvgIpc) is 3.66. The van der Waals surface area contributed by atoms with Gasteiger partial charge in [0.15, 0.2) is 11.9 Å². The third-order valence-electron chi connectivity index (χ3n) is 8.89. The number of carboxylic acids is 2. The van der Waals surface area contributed by atoms with Crippen molar-refractivity contribution in [2.24, 2.45) is 44.4 Å². The van der Waals surface area contributed by atoms with Gasteiger partial charge in [0.2, 0.25) is 41.4 Å². The van der Waals surface area contributed by atoms with Gasteiger partial charge in [-0.3, -0.25) is 48.3 Å². The first kappa shape index (κ1) is 51.7. The fourth-order valence-electron chi connectivity index (χ4n) is 5.77. The first-order valence-corrected chi connectivity index (χ1v) is 18.8. The molecule has 21 N–H and O–H groups in total. The molecule has 27 heteroatoms. The van der Waals surface area contributed by atoms with Gasteiger partial charge in [-0.1, -0.05) is 0 Å². The number of aliphatic carboxylic acids is 2. The maximum atomic E-state index is 14.0. The maximum Gasteiger partial charge on any atom is 0.328 e. The maximum absolute atomic E-state index is 14.0. The van der Waals surface area contributed by atoms with Gasteiger partial charge in [0, 0.05) is 26.1 Å². The molecule has 0 saturated carbocycles. The summed E-state index contributed by atoms with van der Waals surface area (Å²) in [6.45, 7) is 0.184. The highest BCUT2D eigenvalue weighted by Crippen LogP contribution is 2.20. The van der Waals surface area contributed by atoms with Crippen LogP contribution in [0.1, 0.15) is 64.7 Å². The SMILES string of the molecule is C[C@@H](O)[C@H](NC(=O)[C@H](CC(=O)O)NC(=O)[C@@H](N)CCC(N)=O)C(=O)N[C@@H](CCCN=C(N)N)C(=O)N[C@@H](CCCN=C(N)N)C(=O)N1CCC[C@H]1C(=O)N[C@@H](CO)C(=O)O. The summed E-state index contributed by atoms with van der Waals surface area (Å²) in [6.07, 6.45) is -2.90. The molecule has 7 amide bonds. The van der Waals surface area contributed by atoms with Crippen molar-refractivity contribution < 1.29 is 63.6 Å². The zero-order valence-corrected chi connectivity index (χ0v) is 33.1. The summed E-state index contributed by atoms with van der Waals surface area (Å²) in [6, 6.07) is -10.8. The number of aliphatic hydroxyl groups is 2. The van der Waals surface area contributed by atoms with Gasteiger partial charge in [0.25, 0.3) is 0 Å². The number of nitrogens with zero attached hydrogens (tertiary/aromatic N) is 3. The van der Waals surface area contributed by atoms with Crippen LogP contribution in [0.3, 0.4) is 0 Å². The van der Waals surface area contributed by atoms with E-state index in [4.69, 9.17) is 34.4 Å². The summed E-state index contributed by atoms with van der Waals surface area (Å²) in [5.74, 6) is -10.4. The Kier molecular flexibility index (Phi) is 22.3. The summed E-state index contributed by atoms with van der Waals surface area (Å²) < 4.78 is 0. The number of nitrogens with one attached hydrogen (secondary N) is 5. The molecule has 0 radical (unpaired) electrons. The van der Waals surface area contributed by atoms with Gasteiger partial charge in [-0.2, -0.15) is 0 Å². The normalized spacial score (nSPS) is 16.9. The van der Waals surface area contributed by atoms with Crippen LogP contribution in [0.15, 0.2) is 9.98 Å². The number of nitrogens with two attached hydrogens (primary N) is 6. The van der Waals surface area contributed by atoms with E-state index in [1.165, 1.54) is 0 Å². The quantitative estimate of drug-likeness (QED) is 0.0207. The van der Waals surface area contributed by atoms with Crippen molar-refractivity contribution >= 4 is 65.2 Å². The third kappa shape index (κ3) is 18.5. The molecule has 0 aromatic carbocycles. The van der Waals surface area contributed by atoms with Crippen molar-refractivity contribution in [2.75, 3.05) is 26.2 Å². The van der Waals surface area contributed by atoms with Crippen molar-refractivity contribution in [1.29, 1.82) is 0 Å². The molecule has 0 unspecified atom stereocenters. The van der Waals surface area contributed by atoms with E-state index in [9.17, 15) is 63.6 Å². The lowest BCUT2D eigenvalue weighted by Crippen LogP contribution is -2.61. The van der Waals surface area contributed by atoms with E-state index in [0.29, 0.717) is 6.42 Å². The van der Waals surface area contributed by atoms with Crippen molar-refractivity contribution in [3.05, 3.63) is 0 Å². The Labute approximate surface area is 343 Å². The van der Waals surface area contributed by atoms with E-state index >= 15 is 0 Å². The number of carboxylic acid groups (broad SMARTS) is 2. The highest BCUT2D eigenvalue weighted by Gasteiger charge is 2.40. The molecule has 0 spiro atoms. The van der Waals surface area contributed by atoms with Crippen molar-refractivity contribution in [3.8, 4) is 0 Å². The van der Waals surface area contributed by atoms with Gasteiger partial charge < -0.3 is 86.3 Å². The van der Waals surface area contributed by atoms with Crippen LogP contribution < -0.4 is 61.0 Å². The lowest BCUT2D eigenvalue weighted by atomic mass is 10.0. The van der Waals surface area contributed by atoms with Crippen molar-refractivity contribution in [3.63, 3.8) is 0 Å². The number of carbonyl (C=O) groups excluding carboxylic acids is 7. The van der Waals surface area contributed by atoms with E-state index in [-0.39, 0.29) is 76.5 Å². The molecule has 0 aliphatic carbocycles. The number of hydrogen-bond donors (Lipinski definition) is 15. The topological polar surface area (TPSA) is 479 Å². The van der Waals surface area contributed by atoms with E-state index in [2.05, 4.69) is 36.6 Å². The second-order valence-corrected chi connectivity index (χ2v) is 13.8. The molecule has 27 nitrogen and oxygen atoms in total. The van der Waals surface area contributed by atoms with E-state index in [1.807, 2.05) is 0 Å². The number of rotatable bonds is 27. The number of likely N-dealkylation sites (tertiary alicyclic amines) is 1. The van der Waals surface area contributed by atoms with Crippen LogP contribution in [0.4, 0.5) is 0 Å². The number of aliphatic imine (C=N–C) groups is 2. The van der Waals surface area contributed by atoms with Gasteiger partial charge in [0.05, 0.1) is 25.2 Å². The minimum absolute atomic E-state index is 0.0137. The van der Waals surface area contributed by atoms with Crippen LogP contribution in [0.5, 0.6) is 0 Å². The number of carbonyl (C=O) groups is 9. The number of hydrogen-bond acceptors (Lipinski definition) is 14. The second-order valence-electron chi connectivity index (χ2n) is 13.8. The van der Waals surface area contributed by atoms with Crippen molar-refractivity contribution in [1.82, 2.24) is 31.5 Å².